The summed E-state index contributed by atoms with van der Waals surface area (Å²) in [6.45, 7) is 4.84. The number of aromatic hydroxyl groups is 1. The molecule has 2 N–H and O–H groups in total. The van der Waals surface area contributed by atoms with Crippen LogP contribution in [0.2, 0.25) is 11.3 Å². The summed E-state index contributed by atoms with van der Waals surface area (Å²) in [6.07, 6.45) is 5.33. The van der Waals surface area contributed by atoms with Crippen LogP contribution in [-0.2, 0) is 19.0 Å². The molecule has 1 aromatic rings. The molecule has 2 amide bonds. The van der Waals surface area contributed by atoms with Gasteiger partial charge in [-0.3, -0.25) is 14.5 Å². The van der Waals surface area contributed by atoms with E-state index < -0.39 is 19.0 Å². The van der Waals surface area contributed by atoms with E-state index >= 15 is 0 Å². The van der Waals surface area contributed by atoms with E-state index in [0.717, 1.165) is 35.1 Å². The molecule has 36 heavy (non-hydrogen) atoms. The van der Waals surface area contributed by atoms with E-state index in [-0.39, 0.29) is 29.6 Å². The molecule has 2 aliphatic heterocycles. The van der Waals surface area contributed by atoms with Crippen LogP contribution in [0.4, 0.5) is 0 Å². The zero-order valence-corrected chi connectivity index (χ0v) is 22.0. The average molecular weight is 516 g/mol. The molecule has 1 aromatic carbocycles. The van der Waals surface area contributed by atoms with Crippen LogP contribution in [0, 0.1) is 17.8 Å². The van der Waals surface area contributed by atoms with Gasteiger partial charge >= 0.3 is 7.12 Å². The van der Waals surface area contributed by atoms with E-state index in [4.69, 9.17) is 21.0 Å². The number of ether oxygens (including phenoxy) is 1. The number of fused-ring (bicyclic) bond motifs is 3. The lowest BCUT2D eigenvalue weighted by Crippen LogP contribution is -2.46. The topological polar surface area (TPSA) is 96.3 Å². The summed E-state index contributed by atoms with van der Waals surface area (Å²) in [6, 6.07) is 4.92. The quantitative estimate of drug-likeness (QED) is 0.286. The number of hydrogen-bond donors (Lipinski definition) is 2. The maximum Gasteiger partial charge on any atom is 0.455 e. The van der Waals surface area contributed by atoms with Gasteiger partial charge in [0, 0.05) is 13.7 Å². The number of phenols is 1. The van der Waals surface area contributed by atoms with Crippen molar-refractivity contribution in [3.63, 3.8) is 0 Å². The zero-order chi connectivity index (χ0) is 26.0. The van der Waals surface area contributed by atoms with E-state index in [1.807, 2.05) is 13.0 Å². The third-order valence-corrected chi connectivity index (χ3v) is 8.02. The lowest BCUT2D eigenvalue weighted by Gasteiger charge is -2.43. The Morgan fingerprint density at radius 1 is 1.28 bits per heavy atom. The van der Waals surface area contributed by atoms with Gasteiger partial charge in [-0.1, -0.05) is 37.1 Å². The Hall–Kier alpha value is -2.13. The molecule has 0 bridgehead atoms. The number of carbonyl (C=O) groups is 2. The molecule has 1 aliphatic carbocycles. The predicted octanol–water partition coefficient (Wildman–Crippen LogP) is 4.47. The summed E-state index contributed by atoms with van der Waals surface area (Å²) in [5, 5.41) is 20.8. The number of benzene rings is 1. The maximum atomic E-state index is 13.3. The number of allylic oxidation sites excluding steroid dienone is 1. The Labute approximate surface area is 218 Å². The van der Waals surface area contributed by atoms with Gasteiger partial charge in [0.25, 0.3) is 0 Å². The summed E-state index contributed by atoms with van der Waals surface area (Å²) >= 11 is 6.31. The van der Waals surface area contributed by atoms with Crippen LogP contribution < -0.4 is 0 Å². The van der Waals surface area contributed by atoms with Gasteiger partial charge in [0.05, 0.1) is 29.6 Å². The largest absolute Gasteiger partial charge is 0.508 e. The second kappa shape index (κ2) is 11.5. The van der Waals surface area contributed by atoms with Crippen LogP contribution in [0.5, 0.6) is 5.75 Å². The summed E-state index contributed by atoms with van der Waals surface area (Å²) in [4.78, 5) is 27.9. The van der Waals surface area contributed by atoms with Crippen LogP contribution in [0.25, 0.3) is 6.08 Å². The molecule has 9 heteroatoms. The molecule has 4 atom stereocenters. The molecule has 0 saturated carbocycles. The second-order valence-corrected chi connectivity index (χ2v) is 10.4. The number of amides is 2. The summed E-state index contributed by atoms with van der Waals surface area (Å²) in [5.74, 6) is -1.17. The van der Waals surface area contributed by atoms with Gasteiger partial charge in [-0.2, -0.15) is 0 Å². The SMILES string of the molecule is CCCN1C(=O)[C@@H]2[C@@H](CC(COC)=C3[C@@H](CC/C(=C/c4ccc(O)cc4Cl)CC)OB(O)C[C@@H]32)C1=O. The van der Waals surface area contributed by atoms with E-state index in [1.165, 1.54) is 11.0 Å². The molecule has 0 radical (unpaired) electrons. The van der Waals surface area contributed by atoms with Crippen LogP contribution in [0.3, 0.4) is 0 Å². The lowest BCUT2D eigenvalue weighted by molar-refractivity contribution is -0.140. The molecule has 7 nitrogen and oxygen atoms in total. The first-order chi connectivity index (χ1) is 17.3. The van der Waals surface area contributed by atoms with Crippen molar-refractivity contribution >= 4 is 36.6 Å². The van der Waals surface area contributed by atoms with E-state index in [9.17, 15) is 19.7 Å². The van der Waals surface area contributed by atoms with Crippen LogP contribution in [0.1, 0.15) is 51.5 Å². The Morgan fingerprint density at radius 2 is 2.06 bits per heavy atom. The Morgan fingerprint density at radius 3 is 2.72 bits per heavy atom. The first-order valence-electron chi connectivity index (χ1n) is 12.9. The fraction of sp³-hybridized carbons (Fsp3) is 0.556. The molecular formula is C27H35BClNO6. The molecule has 4 rings (SSSR count). The molecule has 2 saturated heterocycles. The fourth-order valence-corrected chi connectivity index (χ4v) is 6.33. The average Bonchev–Trinajstić information content (AvgIpc) is 3.07. The molecular weight excluding hydrogens is 481 g/mol. The maximum absolute atomic E-state index is 13.3. The molecule has 2 heterocycles. The van der Waals surface area contributed by atoms with Crippen molar-refractivity contribution < 1.29 is 29.1 Å². The second-order valence-electron chi connectivity index (χ2n) is 9.98. The molecule has 194 valence electrons. The van der Waals surface area contributed by atoms with Gasteiger partial charge in [0.2, 0.25) is 11.8 Å². The predicted molar refractivity (Wildman–Crippen MR) is 139 cm³/mol. The van der Waals surface area contributed by atoms with Crippen molar-refractivity contribution in [3.8, 4) is 5.75 Å². The van der Waals surface area contributed by atoms with Crippen molar-refractivity contribution in [1.29, 1.82) is 0 Å². The van der Waals surface area contributed by atoms with E-state index in [0.29, 0.717) is 43.8 Å². The first kappa shape index (κ1) is 26.9. The Balaban J connectivity index is 1.61. The normalized spacial score (nSPS) is 26.5. The van der Waals surface area contributed by atoms with Gasteiger partial charge in [0.15, 0.2) is 0 Å². The van der Waals surface area contributed by atoms with Crippen molar-refractivity contribution in [2.45, 2.75) is 58.4 Å². The highest BCUT2D eigenvalue weighted by molar-refractivity contribution is 6.43. The number of imide groups is 1. The molecule has 0 aromatic heterocycles. The van der Waals surface area contributed by atoms with Crippen molar-refractivity contribution in [3.05, 3.63) is 45.5 Å². The Kier molecular flexibility index (Phi) is 8.61. The third-order valence-electron chi connectivity index (χ3n) is 7.69. The van der Waals surface area contributed by atoms with Crippen LogP contribution in [0.15, 0.2) is 34.9 Å². The molecule has 3 aliphatic rings. The highest BCUT2D eigenvalue weighted by atomic mass is 35.5. The number of rotatable bonds is 9. The van der Waals surface area contributed by atoms with Gasteiger partial charge < -0.3 is 19.5 Å². The number of halogens is 1. The smallest absolute Gasteiger partial charge is 0.455 e. The minimum absolute atomic E-state index is 0.0981. The molecule has 0 spiro atoms. The van der Waals surface area contributed by atoms with Gasteiger partial charge in [-0.15, -0.1) is 0 Å². The molecule has 0 unspecified atom stereocenters. The number of likely N-dealkylation sites (tertiary alicyclic amines) is 1. The number of nitrogens with zero attached hydrogens (tertiary/aromatic N) is 1. The summed E-state index contributed by atoms with van der Waals surface area (Å²) < 4.78 is 11.6. The Bertz CT molecular complexity index is 1070. The molecule has 2 fully saturated rings. The standard InChI is InChI=1S/C27H35BClNO6/c1-4-10-30-26(32)20-12-18(15-35-3)24-21(25(20)27(30)33)14-28(34)36-23(24)9-6-16(5-2)11-17-7-8-19(31)13-22(17)29/h7-8,11,13,20-21,23,25,31,34H,4-6,9-10,12,14-15H2,1-3H3/b16-11+/t20-,21+,23-,25-/m1/s1. The first-order valence-corrected chi connectivity index (χ1v) is 13.2. The van der Waals surface area contributed by atoms with Crippen LogP contribution >= 0.6 is 11.6 Å². The fourth-order valence-electron chi connectivity index (χ4n) is 6.10. The van der Waals surface area contributed by atoms with Crippen molar-refractivity contribution in [2.75, 3.05) is 20.3 Å². The van der Waals surface area contributed by atoms with E-state index in [2.05, 4.69) is 6.92 Å². The lowest BCUT2D eigenvalue weighted by atomic mass is 9.58. The summed E-state index contributed by atoms with van der Waals surface area (Å²) in [7, 11) is 0.641. The van der Waals surface area contributed by atoms with E-state index in [1.54, 1.807) is 19.2 Å². The van der Waals surface area contributed by atoms with Crippen molar-refractivity contribution in [1.82, 2.24) is 4.90 Å². The zero-order valence-electron chi connectivity index (χ0n) is 21.2. The van der Waals surface area contributed by atoms with Crippen LogP contribution in [-0.4, -0.2) is 60.3 Å². The third kappa shape index (κ3) is 5.28. The van der Waals surface area contributed by atoms with Gasteiger partial charge in [0.1, 0.15) is 5.75 Å². The number of carbonyl (C=O) groups excluding carboxylic acids is 2. The minimum Gasteiger partial charge on any atom is -0.508 e. The number of methoxy groups -OCH3 is 1. The minimum atomic E-state index is -0.991. The van der Waals surface area contributed by atoms with Gasteiger partial charge in [-0.25, -0.2) is 0 Å². The highest BCUT2D eigenvalue weighted by Gasteiger charge is 2.57. The summed E-state index contributed by atoms with van der Waals surface area (Å²) in [5.41, 5.74) is 4.04. The van der Waals surface area contributed by atoms with Gasteiger partial charge in [-0.05, 0) is 79.3 Å². The number of hydrogen-bond acceptors (Lipinski definition) is 6. The number of phenolic OH excluding ortho intramolecular Hbond substituents is 1. The monoisotopic (exact) mass is 515 g/mol. The van der Waals surface area contributed by atoms with Crippen molar-refractivity contribution in [2.24, 2.45) is 17.8 Å². The highest BCUT2D eigenvalue weighted by Crippen LogP contribution is 2.50.